The van der Waals surface area contributed by atoms with Gasteiger partial charge in [-0.25, -0.2) is 8.42 Å². The number of carbonyl (C=O) groups excluding carboxylic acids is 1. The van der Waals surface area contributed by atoms with Crippen molar-refractivity contribution in [2.75, 3.05) is 0 Å². The van der Waals surface area contributed by atoms with Gasteiger partial charge in [-0.2, -0.15) is 4.72 Å². The summed E-state index contributed by atoms with van der Waals surface area (Å²) in [6.45, 7) is 3.52. The maximum atomic E-state index is 12.4. The van der Waals surface area contributed by atoms with Crippen molar-refractivity contribution in [2.24, 2.45) is 5.92 Å². The zero-order valence-electron chi connectivity index (χ0n) is 14.0. The molecule has 2 aromatic carbocycles. The Morgan fingerprint density at radius 3 is 2.40 bits per heavy atom. The second-order valence-electron chi connectivity index (χ2n) is 5.89. The molecule has 0 heterocycles. The van der Waals surface area contributed by atoms with E-state index >= 15 is 0 Å². The largest absolute Gasteiger partial charge is 0.460 e. The van der Waals surface area contributed by atoms with Crippen molar-refractivity contribution in [3.63, 3.8) is 0 Å². The summed E-state index contributed by atoms with van der Waals surface area (Å²) >= 11 is 5.90. The van der Waals surface area contributed by atoms with Crippen molar-refractivity contribution in [1.82, 2.24) is 4.72 Å². The van der Waals surface area contributed by atoms with Gasteiger partial charge in [0.15, 0.2) is 0 Å². The standard InChI is InChI=1S/C18H20ClNO4S/c1-13(2)17(20-25(22,23)16-9-4-3-5-10-16)18(21)24-12-14-7-6-8-15(19)11-14/h3-11,13,17,20H,12H2,1-2H3/t17-/m0/s1. The molecule has 1 atom stereocenters. The first kappa shape index (κ1) is 19.4. The smallest absolute Gasteiger partial charge is 0.324 e. The normalized spacial score (nSPS) is 12.8. The number of carbonyl (C=O) groups is 1. The van der Waals surface area contributed by atoms with Crippen molar-refractivity contribution in [3.05, 3.63) is 65.2 Å². The monoisotopic (exact) mass is 381 g/mol. The summed E-state index contributed by atoms with van der Waals surface area (Å²) < 4.78 is 32.6. The van der Waals surface area contributed by atoms with Gasteiger partial charge in [-0.3, -0.25) is 4.79 Å². The van der Waals surface area contributed by atoms with Crippen molar-refractivity contribution in [3.8, 4) is 0 Å². The molecule has 2 rings (SSSR count). The number of halogens is 1. The predicted molar refractivity (Wildman–Crippen MR) is 96.6 cm³/mol. The van der Waals surface area contributed by atoms with Gasteiger partial charge < -0.3 is 4.74 Å². The summed E-state index contributed by atoms with van der Waals surface area (Å²) in [4.78, 5) is 12.5. The van der Waals surface area contributed by atoms with E-state index in [1.807, 2.05) is 0 Å². The quantitative estimate of drug-likeness (QED) is 0.746. The van der Waals surface area contributed by atoms with E-state index in [2.05, 4.69) is 4.72 Å². The third kappa shape index (κ3) is 5.56. The van der Waals surface area contributed by atoms with Crippen LogP contribution in [0.15, 0.2) is 59.5 Å². The summed E-state index contributed by atoms with van der Waals surface area (Å²) in [6, 6.07) is 13.9. The topological polar surface area (TPSA) is 72.5 Å². The zero-order valence-corrected chi connectivity index (χ0v) is 15.5. The number of benzene rings is 2. The van der Waals surface area contributed by atoms with Crippen LogP contribution in [0.25, 0.3) is 0 Å². The summed E-state index contributed by atoms with van der Waals surface area (Å²) in [5, 5.41) is 0.540. The molecule has 0 fully saturated rings. The van der Waals surface area contributed by atoms with Gasteiger partial charge in [0.2, 0.25) is 10.0 Å². The average Bonchev–Trinajstić information content (AvgIpc) is 2.58. The first-order valence-corrected chi connectivity index (χ1v) is 9.64. The molecule has 0 aliphatic rings. The third-order valence-electron chi connectivity index (χ3n) is 3.53. The summed E-state index contributed by atoms with van der Waals surface area (Å²) in [5.41, 5.74) is 0.731. The molecule has 7 heteroatoms. The molecule has 1 N–H and O–H groups in total. The fraction of sp³-hybridized carbons (Fsp3) is 0.278. The molecule has 25 heavy (non-hydrogen) atoms. The van der Waals surface area contributed by atoms with E-state index in [-0.39, 0.29) is 17.4 Å². The van der Waals surface area contributed by atoms with E-state index in [4.69, 9.17) is 16.3 Å². The van der Waals surface area contributed by atoms with Crippen molar-refractivity contribution in [2.45, 2.75) is 31.4 Å². The number of sulfonamides is 1. The highest BCUT2D eigenvalue weighted by atomic mass is 35.5. The number of rotatable bonds is 7. The predicted octanol–water partition coefficient (Wildman–Crippen LogP) is 3.39. The lowest BCUT2D eigenvalue weighted by Gasteiger charge is -2.21. The summed E-state index contributed by atoms with van der Waals surface area (Å²) in [5.74, 6) is -0.903. The van der Waals surface area contributed by atoms with Gasteiger partial charge in [-0.05, 0) is 35.7 Å². The molecule has 0 amide bonds. The molecule has 0 spiro atoms. The van der Waals surface area contributed by atoms with E-state index in [1.54, 1.807) is 56.3 Å². The van der Waals surface area contributed by atoms with Crippen molar-refractivity contribution >= 4 is 27.6 Å². The zero-order chi connectivity index (χ0) is 18.4. The molecular weight excluding hydrogens is 362 g/mol. The van der Waals surface area contributed by atoms with Gasteiger partial charge in [0, 0.05) is 5.02 Å². The maximum absolute atomic E-state index is 12.4. The summed E-state index contributed by atoms with van der Waals surface area (Å²) in [7, 11) is -3.81. The van der Waals surface area contributed by atoms with Gasteiger partial charge >= 0.3 is 5.97 Å². The van der Waals surface area contributed by atoms with Crippen LogP contribution in [0.2, 0.25) is 5.02 Å². The van der Waals surface area contributed by atoms with E-state index in [1.165, 1.54) is 12.1 Å². The van der Waals surface area contributed by atoms with Crippen LogP contribution in [0.4, 0.5) is 0 Å². The van der Waals surface area contributed by atoms with Crippen LogP contribution in [-0.2, 0) is 26.2 Å². The van der Waals surface area contributed by atoms with Gasteiger partial charge in [0.25, 0.3) is 0 Å². The Morgan fingerprint density at radius 2 is 1.80 bits per heavy atom. The Balaban J connectivity index is 2.08. The van der Waals surface area contributed by atoms with Crippen molar-refractivity contribution in [1.29, 1.82) is 0 Å². The van der Waals surface area contributed by atoms with Gasteiger partial charge in [0.1, 0.15) is 12.6 Å². The Kier molecular flexibility index (Phi) is 6.58. The third-order valence-corrected chi connectivity index (χ3v) is 5.22. The number of esters is 1. The first-order valence-electron chi connectivity index (χ1n) is 7.78. The second kappa shape index (κ2) is 8.47. The van der Waals surface area contributed by atoms with Gasteiger partial charge in [-0.15, -0.1) is 0 Å². The first-order chi connectivity index (χ1) is 11.8. The summed E-state index contributed by atoms with van der Waals surface area (Å²) in [6.07, 6.45) is 0. The fourth-order valence-corrected chi connectivity index (χ4v) is 3.73. The molecule has 0 aromatic heterocycles. The number of hydrogen-bond acceptors (Lipinski definition) is 4. The molecule has 5 nitrogen and oxygen atoms in total. The Morgan fingerprint density at radius 1 is 1.12 bits per heavy atom. The van der Waals surface area contributed by atoms with Crippen LogP contribution in [-0.4, -0.2) is 20.4 Å². The van der Waals surface area contributed by atoms with E-state index in [0.717, 1.165) is 5.56 Å². The van der Waals surface area contributed by atoms with E-state index in [9.17, 15) is 13.2 Å². The van der Waals surface area contributed by atoms with Crippen molar-refractivity contribution < 1.29 is 17.9 Å². The van der Waals surface area contributed by atoms with Crippen LogP contribution in [0, 0.1) is 5.92 Å². The molecule has 0 radical (unpaired) electrons. The molecule has 134 valence electrons. The lowest BCUT2D eigenvalue weighted by molar-refractivity contribution is -0.148. The van der Waals surface area contributed by atoms with Crippen LogP contribution in [0.5, 0.6) is 0 Å². The molecule has 0 saturated heterocycles. The molecule has 0 unspecified atom stereocenters. The van der Waals surface area contributed by atoms with Gasteiger partial charge in [-0.1, -0.05) is 55.8 Å². The highest BCUT2D eigenvalue weighted by Crippen LogP contribution is 2.15. The van der Waals surface area contributed by atoms with E-state index in [0.29, 0.717) is 5.02 Å². The Bertz CT molecular complexity index is 822. The maximum Gasteiger partial charge on any atom is 0.324 e. The molecular formula is C18H20ClNO4S. The SMILES string of the molecule is CC(C)[C@H](NS(=O)(=O)c1ccccc1)C(=O)OCc1cccc(Cl)c1. The number of hydrogen-bond donors (Lipinski definition) is 1. The molecule has 0 aliphatic carbocycles. The van der Waals surface area contributed by atoms with Gasteiger partial charge in [0.05, 0.1) is 4.90 Å². The van der Waals surface area contributed by atoms with Crippen LogP contribution in [0.1, 0.15) is 19.4 Å². The fourth-order valence-electron chi connectivity index (χ4n) is 2.16. The second-order valence-corrected chi connectivity index (χ2v) is 8.04. The van der Waals surface area contributed by atoms with Crippen LogP contribution < -0.4 is 4.72 Å². The molecule has 0 bridgehead atoms. The Labute approximate surface area is 153 Å². The lowest BCUT2D eigenvalue weighted by atomic mass is 10.1. The van der Waals surface area contributed by atoms with Crippen LogP contribution >= 0.6 is 11.6 Å². The number of nitrogens with one attached hydrogen (secondary N) is 1. The minimum atomic E-state index is -3.81. The molecule has 2 aromatic rings. The minimum absolute atomic E-state index is 0.0235. The molecule has 0 aliphatic heterocycles. The highest BCUT2D eigenvalue weighted by molar-refractivity contribution is 7.89. The minimum Gasteiger partial charge on any atom is -0.460 e. The number of ether oxygens (including phenoxy) is 1. The lowest BCUT2D eigenvalue weighted by Crippen LogP contribution is -2.45. The van der Waals surface area contributed by atoms with E-state index < -0.39 is 22.0 Å². The molecule has 0 saturated carbocycles. The average molecular weight is 382 g/mol. The Hall–Kier alpha value is -1.89. The highest BCUT2D eigenvalue weighted by Gasteiger charge is 2.29. The van der Waals surface area contributed by atoms with Crippen LogP contribution in [0.3, 0.4) is 0 Å².